The molecular formula is C12H18N2O3. The summed E-state index contributed by atoms with van der Waals surface area (Å²) in [4.78, 5) is 22.4. The summed E-state index contributed by atoms with van der Waals surface area (Å²) in [5, 5.41) is 11.6. The number of likely N-dealkylation sites (N-methyl/N-ethyl adjacent to an activating group) is 1. The van der Waals surface area contributed by atoms with Gasteiger partial charge in [0.1, 0.15) is 6.54 Å². The summed E-state index contributed by atoms with van der Waals surface area (Å²) in [6.07, 6.45) is 2.29. The number of carbonyl (C=O) groups excluding carboxylic acids is 1. The third-order valence-electron chi connectivity index (χ3n) is 2.50. The zero-order valence-electron chi connectivity index (χ0n) is 10.4. The first kappa shape index (κ1) is 13.3. The molecule has 1 heterocycles. The number of carbonyl (C=O) groups is 2. The second kappa shape index (κ2) is 5.52. The van der Waals surface area contributed by atoms with Gasteiger partial charge in [0.05, 0.1) is 5.56 Å². The molecule has 0 fully saturated rings. The van der Waals surface area contributed by atoms with E-state index in [1.54, 1.807) is 23.9 Å². The zero-order valence-corrected chi connectivity index (χ0v) is 10.4. The number of nitrogens with one attached hydrogen (secondary N) is 1. The lowest BCUT2D eigenvalue weighted by Gasteiger charge is -2.11. The van der Waals surface area contributed by atoms with E-state index in [2.05, 4.69) is 5.32 Å². The number of carboxylic acid groups (broad SMARTS) is 1. The lowest BCUT2D eigenvalue weighted by Crippen LogP contribution is -2.24. The topological polar surface area (TPSA) is 71.3 Å². The van der Waals surface area contributed by atoms with Crippen LogP contribution in [-0.2, 0) is 17.8 Å². The lowest BCUT2D eigenvalue weighted by molar-refractivity contribution is -0.121. The SMILES string of the molecule is CNC(=O)Cn1ccc(C(=O)O)c1CC(C)C. The predicted molar refractivity (Wildman–Crippen MR) is 64.0 cm³/mol. The molecule has 0 bridgehead atoms. The van der Waals surface area contributed by atoms with Gasteiger partial charge in [0.15, 0.2) is 0 Å². The van der Waals surface area contributed by atoms with E-state index in [4.69, 9.17) is 5.11 Å². The summed E-state index contributed by atoms with van der Waals surface area (Å²) in [5.74, 6) is -0.745. The Morgan fingerprint density at radius 3 is 2.59 bits per heavy atom. The molecule has 0 saturated carbocycles. The molecule has 0 aliphatic carbocycles. The van der Waals surface area contributed by atoms with Crippen molar-refractivity contribution in [2.45, 2.75) is 26.8 Å². The zero-order chi connectivity index (χ0) is 13.0. The molecule has 5 heteroatoms. The van der Waals surface area contributed by atoms with Crippen molar-refractivity contribution in [3.8, 4) is 0 Å². The van der Waals surface area contributed by atoms with E-state index in [1.807, 2.05) is 13.8 Å². The maximum Gasteiger partial charge on any atom is 0.337 e. The van der Waals surface area contributed by atoms with Crippen LogP contribution in [0.1, 0.15) is 29.9 Å². The van der Waals surface area contributed by atoms with Crippen molar-refractivity contribution < 1.29 is 14.7 Å². The van der Waals surface area contributed by atoms with Crippen LogP contribution in [0.3, 0.4) is 0 Å². The average molecular weight is 238 g/mol. The minimum atomic E-state index is -0.948. The van der Waals surface area contributed by atoms with Gasteiger partial charge in [0, 0.05) is 18.9 Å². The first-order valence-corrected chi connectivity index (χ1v) is 5.57. The Balaban J connectivity index is 3.04. The maximum atomic E-state index is 11.3. The third kappa shape index (κ3) is 3.34. The smallest absolute Gasteiger partial charge is 0.337 e. The predicted octanol–water partition coefficient (Wildman–Crippen LogP) is 1.13. The molecule has 0 saturated heterocycles. The quantitative estimate of drug-likeness (QED) is 0.807. The van der Waals surface area contributed by atoms with Crippen molar-refractivity contribution in [1.82, 2.24) is 9.88 Å². The van der Waals surface area contributed by atoms with E-state index < -0.39 is 5.97 Å². The Kier molecular flexibility index (Phi) is 4.31. The minimum Gasteiger partial charge on any atom is -0.478 e. The van der Waals surface area contributed by atoms with Crippen LogP contribution in [0.5, 0.6) is 0 Å². The molecule has 1 amide bonds. The molecule has 0 unspecified atom stereocenters. The number of nitrogens with zero attached hydrogens (tertiary/aromatic N) is 1. The molecule has 1 aromatic rings. The summed E-state index contributed by atoms with van der Waals surface area (Å²) >= 11 is 0. The van der Waals surface area contributed by atoms with Gasteiger partial charge in [-0.25, -0.2) is 4.79 Å². The number of hydrogen-bond donors (Lipinski definition) is 2. The van der Waals surface area contributed by atoms with Crippen LogP contribution in [0.2, 0.25) is 0 Å². The normalized spacial score (nSPS) is 10.6. The summed E-state index contributed by atoms with van der Waals surface area (Å²) in [7, 11) is 1.56. The van der Waals surface area contributed by atoms with E-state index in [0.29, 0.717) is 18.0 Å². The highest BCUT2D eigenvalue weighted by Gasteiger charge is 2.17. The third-order valence-corrected chi connectivity index (χ3v) is 2.50. The molecule has 0 aliphatic rings. The molecule has 2 N–H and O–H groups in total. The van der Waals surface area contributed by atoms with Gasteiger partial charge >= 0.3 is 5.97 Å². The van der Waals surface area contributed by atoms with Crippen LogP contribution in [0.4, 0.5) is 0 Å². The molecule has 94 valence electrons. The Morgan fingerprint density at radius 1 is 1.47 bits per heavy atom. The highest BCUT2D eigenvalue weighted by molar-refractivity contribution is 5.89. The van der Waals surface area contributed by atoms with Crippen LogP contribution in [-0.4, -0.2) is 28.6 Å². The molecule has 17 heavy (non-hydrogen) atoms. The molecule has 0 radical (unpaired) electrons. The number of aromatic carboxylic acids is 1. The number of hydrogen-bond acceptors (Lipinski definition) is 2. The first-order valence-electron chi connectivity index (χ1n) is 5.57. The van der Waals surface area contributed by atoms with Crippen molar-refractivity contribution >= 4 is 11.9 Å². The van der Waals surface area contributed by atoms with Gasteiger partial charge in [-0.15, -0.1) is 0 Å². The second-order valence-corrected chi connectivity index (χ2v) is 4.38. The molecule has 0 aromatic carbocycles. The van der Waals surface area contributed by atoms with Gasteiger partial charge < -0.3 is 15.0 Å². The van der Waals surface area contributed by atoms with Crippen LogP contribution < -0.4 is 5.32 Å². The van der Waals surface area contributed by atoms with Crippen molar-refractivity contribution in [3.63, 3.8) is 0 Å². The van der Waals surface area contributed by atoms with Crippen LogP contribution >= 0.6 is 0 Å². The van der Waals surface area contributed by atoms with Crippen molar-refractivity contribution in [3.05, 3.63) is 23.5 Å². The Morgan fingerprint density at radius 2 is 2.12 bits per heavy atom. The molecular weight excluding hydrogens is 220 g/mol. The van der Waals surface area contributed by atoms with Crippen LogP contribution in [0.15, 0.2) is 12.3 Å². The Hall–Kier alpha value is -1.78. The fourth-order valence-electron chi connectivity index (χ4n) is 1.70. The van der Waals surface area contributed by atoms with E-state index in [1.165, 1.54) is 0 Å². The molecule has 1 rings (SSSR count). The Bertz CT molecular complexity index is 421. The van der Waals surface area contributed by atoms with Crippen LogP contribution in [0, 0.1) is 5.92 Å². The number of carboxylic acids is 1. The van der Waals surface area contributed by atoms with Gasteiger partial charge in [0.2, 0.25) is 5.91 Å². The van der Waals surface area contributed by atoms with Crippen molar-refractivity contribution in [1.29, 1.82) is 0 Å². The monoisotopic (exact) mass is 238 g/mol. The van der Waals surface area contributed by atoms with E-state index in [9.17, 15) is 9.59 Å². The largest absolute Gasteiger partial charge is 0.478 e. The number of aromatic nitrogens is 1. The van der Waals surface area contributed by atoms with Gasteiger partial charge in [-0.1, -0.05) is 13.8 Å². The molecule has 1 aromatic heterocycles. The number of rotatable bonds is 5. The Labute approximate surface area is 100 Å². The molecule has 0 atom stereocenters. The summed E-state index contributed by atoms with van der Waals surface area (Å²) in [6.45, 7) is 4.19. The minimum absolute atomic E-state index is 0.137. The molecule has 0 aliphatic heterocycles. The lowest BCUT2D eigenvalue weighted by atomic mass is 10.0. The number of amides is 1. The van der Waals surface area contributed by atoms with Gasteiger partial charge in [-0.2, -0.15) is 0 Å². The first-order chi connectivity index (χ1) is 7.95. The second-order valence-electron chi connectivity index (χ2n) is 4.38. The highest BCUT2D eigenvalue weighted by Crippen LogP contribution is 2.16. The maximum absolute atomic E-state index is 11.3. The van der Waals surface area contributed by atoms with E-state index in [0.717, 1.165) is 0 Å². The van der Waals surface area contributed by atoms with E-state index >= 15 is 0 Å². The van der Waals surface area contributed by atoms with E-state index in [-0.39, 0.29) is 18.0 Å². The summed E-state index contributed by atoms with van der Waals surface area (Å²) in [5.41, 5.74) is 0.985. The fraction of sp³-hybridized carbons (Fsp3) is 0.500. The summed E-state index contributed by atoms with van der Waals surface area (Å²) in [6, 6.07) is 1.54. The van der Waals surface area contributed by atoms with Gasteiger partial charge in [-0.3, -0.25) is 4.79 Å². The summed E-state index contributed by atoms with van der Waals surface area (Å²) < 4.78 is 1.70. The van der Waals surface area contributed by atoms with Gasteiger partial charge in [0.25, 0.3) is 0 Å². The fourth-order valence-corrected chi connectivity index (χ4v) is 1.70. The molecule has 5 nitrogen and oxygen atoms in total. The van der Waals surface area contributed by atoms with Crippen molar-refractivity contribution in [2.24, 2.45) is 5.92 Å². The standard InChI is InChI=1S/C12H18N2O3/c1-8(2)6-10-9(12(16)17)4-5-14(10)7-11(15)13-3/h4-5,8H,6-7H2,1-3H3,(H,13,15)(H,16,17). The average Bonchev–Trinajstić information content (AvgIpc) is 2.60. The highest BCUT2D eigenvalue weighted by atomic mass is 16.4. The van der Waals surface area contributed by atoms with Crippen LogP contribution in [0.25, 0.3) is 0 Å². The van der Waals surface area contributed by atoms with Gasteiger partial charge in [-0.05, 0) is 18.4 Å². The van der Waals surface area contributed by atoms with Crippen molar-refractivity contribution in [2.75, 3.05) is 7.05 Å². The molecule has 0 spiro atoms.